The van der Waals surface area contributed by atoms with Gasteiger partial charge in [0.2, 0.25) is 0 Å². The van der Waals surface area contributed by atoms with Gasteiger partial charge in [0.1, 0.15) is 0 Å². The Labute approximate surface area is 88.6 Å². The van der Waals surface area contributed by atoms with Crippen LogP contribution in [0.5, 0.6) is 0 Å². The molecule has 2 aromatic rings. The lowest BCUT2D eigenvalue weighted by molar-refractivity contribution is 1.32. The van der Waals surface area contributed by atoms with Crippen molar-refractivity contribution in [3.63, 3.8) is 0 Å². The molecular formula is C9H7BrN2S. The molecule has 0 saturated carbocycles. The number of hydrogen-bond acceptors (Lipinski definition) is 3. The van der Waals surface area contributed by atoms with Crippen LogP contribution in [0.4, 0.5) is 5.69 Å². The summed E-state index contributed by atoms with van der Waals surface area (Å²) in [4.78, 5) is 5.40. The Balaban J connectivity index is 2.53. The molecule has 0 fully saturated rings. The van der Waals surface area contributed by atoms with Gasteiger partial charge >= 0.3 is 0 Å². The van der Waals surface area contributed by atoms with Gasteiger partial charge in [-0.2, -0.15) is 0 Å². The second-order valence-corrected chi connectivity index (χ2v) is 4.38. The molecule has 0 atom stereocenters. The molecule has 0 aromatic carbocycles. The predicted molar refractivity (Wildman–Crippen MR) is 59.7 cm³/mol. The topological polar surface area (TPSA) is 38.9 Å². The van der Waals surface area contributed by atoms with Gasteiger partial charge in [-0.15, -0.1) is 11.3 Å². The quantitative estimate of drug-likeness (QED) is 0.850. The number of thiophene rings is 1. The van der Waals surface area contributed by atoms with Crippen molar-refractivity contribution >= 4 is 33.0 Å². The van der Waals surface area contributed by atoms with Crippen LogP contribution in [0, 0.1) is 0 Å². The molecule has 2 rings (SSSR count). The summed E-state index contributed by atoms with van der Waals surface area (Å²) in [6.07, 6.45) is 1.67. The number of nitrogen functional groups attached to an aromatic ring is 1. The third-order valence-electron chi connectivity index (χ3n) is 1.62. The van der Waals surface area contributed by atoms with Gasteiger partial charge < -0.3 is 5.73 Å². The fraction of sp³-hybridized carbons (Fsp3) is 0. The van der Waals surface area contributed by atoms with Crippen molar-refractivity contribution in [2.75, 3.05) is 5.73 Å². The molecule has 2 N–H and O–H groups in total. The van der Waals surface area contributed by atoms with Gasteiger partial charge in [-0.1, -0.05) is 6.07 Å². The number of aromatic nitrogens is 1. The zero-order valence-corrected chi connectivity index (χ0v) is 9.10. The fourth-order valence-corrected chi connectivity index (χ4v) is 2.49. The Morgan fingerprint density at radius 3 is 2.92 bits per heavy atom. The van der Waals surface area contributed by atoms with Crippen LogP contribution in [0.3, 0.4) is 0 Å². The number of anilines is 1. The summed E-state index contributed by atoms with van der Waals surface area (Å²) in [7, 11) is 0. The Hall–Kier alpha value is -0.870. The number of pyridine rings is 1. The van der Waals surface area contributed by atoms with E-state index in [1.165, 1.54) is 0 Å². The Morgan fingerprint density at radius 2 is 2.31 bits per heavy atom. The zero-order valence-electron chi connectivity index (χ0n) is 6.70. The molecule has 2 heterocycles. The average molecular weight is 255 g/mol. The molecule has 13 heavy (non-hydrogen) atoms. The van der Waals surface area contributed by atoms with Gasteiger partial charge in [-0.25, -0.2) is 0 Å². The lowest BCUT2D eigenvalue weighted by Crippen LogP contribution is -1.88. The Bertz CT molecular complexity index is 412. The van der Waals surface area contributed by atoms with Gasteiger partial charge in [-0.3, -0.25) is 4.98 Å². The van der Waals surface area contributed by atoms with Gasteiger partial charge in [0.05, 0.1) is 22.5 Å². The van der Waals surface area contributed by atoms with Gasteiger partial charge in [0, 0.05) is 4.47 Å². The minimum atomic E-state index is 0.673. The first-order valence-corrected chi connectivity index (χ1v) is 5.39. The van der Waals surface area contributed by atoms with Gasteiger partial charge in [0.15, 0.2) is 0 Å². The standard InChI is InChI=1S/C9H7BrN2S/c10-7-4-6(11)5-12-9(7)8-2-1-3-13-8/h1-5H,11H2. The van der Waals surface area contributed by atoms with Crippen molar-refractivity contribution in [2.24, 2.45) is 0 Å². The number of nitrogens with two attached hydrogens (primary N) is 1. The van der Waals surface area contributed by atoms with E-state index in [2.05, 4.69) is 20.9 Å². The van der Waals surface area contributed by atoms with Crippen LogP contribution in [0.25, 0.3) is 10.6 Å². The maximum absolute atomic E-state index is 5.59. The summed E-state index contributed by atoms with van der Waals surface area (Å²) >= 11 is 5.10. The van der Waals surface area contributed by atoms with Crippen LogP contribution < -0.4 is 5.73 Å². The van der Waals surface area contributed by atoms with Crippen LogP contribution in [0.1, 0.15) is 0 Å². The molecule has 4 heteroatoms. The number of halogens is 1. The van der Waals surface area contributed by atoms with Gasteiger partial charge in [0.25, 0.3) is 0 Å². The van der Waals surface area contributed by atoms with E-state index in [0.29, 0.717) is 5.69 Å². The largest absolute Gasteiger partial charge is 0.397 e. The van der Waals surface area contributed by atoms with Crippen molar-refractivity contribution in [1.82, 2.24) is 4.98 Å². The highest BCUT2D eigenvalue weighted by Crippen LogP contribution is 2.30. The monoisotopic (exact) mass is 254 g/mol. The average Bonchev–Trinajstić information content (AvgIpc) is 2.56. The minimum absolute atomic E-state index is 0.673. The fourth-order valence-electron chi connectivity index (χ4n) is 1.05. The van der Waals surface area contributed by atoms with Crippen molar-refractivity contribution in [2.45, 2.75) is 0 Å². The normalized spacial score (nSPS) is 10.2. The van der Waals surface area contributed by atoms with Crippen LogP contribution in [0.15, 0.2) is 34.2 Å². The summed E-state index contributed by atoms with van der Waals surface area (Å²) in [6, 6.07) is 5.90. The van der Waals surface area contributed by atoms with E-state index in [-0.39, 0.29) is 0 Å². The van der Waals surface area contributed by atoms with Crippen LogP contribution in [-0.2, 0) is 0 Å². The second-order valence-electron chi connectivity index (χ2n) is 2.58. The van der Waals surface area contributed by atoms with E-state index in [0.717, 1.165) is 15.0 Å². The van der Waals surface area contributed by atoms with Crippen molar-refractivity contribution in [3.05, 3.63) is 34.2 Å². The second kappa shape index (κ2) is 3.47. The summed E-state index contributed by atoms with van der Waals surface area (Å²) in [5.74, 6) is 0. The molecule has 0 aliphatic rings. The lowest BCUT2D eigenvalue weighted by Gasteiger charge is -2.00. The Kier molecular flexibility index (Phi) is 2.33. The molecular weight excluding hydrogens is 248 g/mol. The Morgan fingerprint density at radius 1 is 1.46 bits per heavy atom. The maximum Gasteiger partial charge on any atom is 0.0945 e. The summed E-state index contributed by atoms with van der Waals surface area (Å²) in [6.45, 7) is 0. The van der Waals surface area contributed by atoms with Gasteiger partial charge in [-0.05, 0) is 33.4 Å². The number of nitrogens with zero attached hydrogens (tertiary/aromatic N) is 1. The molecule has 2 aromatic heterocycles. The highest BCUT2D eigenvalue weighted by molar-refractivity contribution is 9.10. The molecule has 0 bridgehead atoms. The highest BCUT2D eigenvalue weighted by Gasteiger charge is 2.05. The zero-order chi connectivity index (χ0) is 9.26. The molecule has 0 aliphatic carbocycles. The molecule has 2 nitrogen and oxygen atoms in total. The first-order valence-electron chi connectivity index (χ1n) is 3.72. The van der Waals surface area contributed by atoms with Crippen molar-refractivity contribution in [1.29, 1.82) is 0 Å². The molecule has 0 unspecified atom stereocenters. The minimum Gasteiger partial charge on any atom is -0.397 e. The third kappa shape index (κ3) is 1.73. The molecule has 0 amide bonds. The molecule has 0 radical (unpaired) electrons. The molecule has 0 spiro atoms. The van der Waals surface area contributed by atoms with E-state index in [1.54, 1.807) is 17.5 Å². The van der Waals surface area contributed by atoms with E-state index < -0.39 is 0 Å². The molecule has 66 valence electrons. The van der Waals surface area contributed by atoms with Crippen LogP contribution in [-0.4, -0.2) is 4.98 Å². The predicted octanol–water partition coefficient (Wildman–Crippen LogP) is 3.15. The van der Waals surface area contributed by atoms with E-state index in [4.69, 9.17) is 5.73 Å². The maximum atomic E-state index is 5.59. The summed E-state index contributed by atoms with van der Waals surface area (Å²) in [5.41, 5.74) is 7.21. The highest BCUT2D eigenvalue weighted by atomic mass is 79.9. The number of hydrogen-bond donors (Lipinski definition) is 1. The van der Waals surface area contributed by atoms with Crippen LogP contribution >= 0.6 is 27.3 Å². The van der Waals surface area contributed by atoms with E-state index in [9.17, 15) is 0 Å². The SMILES string of the molecule is Nc1cnc(-c2cccs2)c(Br)c1. The van der Waals surface area contributed by atoms with E-state index in [1.807, 2.05) is 23.6 Å². The lowest BCUT2D eigenvalue weighted by atomic mass is 10.3. The summed E-state index contributed by atoms with van der Waals surface area (Å²) in [5, 5.41) is 2.03. The number of rotatable bonds is 1. The van der Waals surface area contributed by atoms with Crippen molar-refractivity contribution in [3.8, 4) is 10.6 Å². The smallest absolute Gasteiger partial charge is 0.0945 e. The molecule has 0 aliphatic heterocycles. The first-order chi connectivity index (χ1) is 6.27. The van der Waals surface area contributed by atoms with Crippen LogP contribution in [0.2, 0.25) is 0 Å². The molecule has 0 saturated heterocycles. The third-order valence-corrected chi connectivity index (χ3v) is 3.10. The van der Waals surface area contributed by atoms with Crippen molar-refractivity contribution < 1.29 is 0 Å². The van der Waals surface area contributed by atoms with E-state index >= 15 is 0 Å². The summed E-state index contributed by atoms with van der Waals surface area (Å²) < 4.78 is 0.940. The first kappa shape index (κ1) is 8.72.